The molecule has 2 unspecified atom stereocenters. The molecule has 2 atom stereocenters. The fourth-order valence-corrected chi connectivity index (χ4v) is 2.30. The highest BCUT2D eigenvalue weighted by atomic mass is 16.5. The molecule has 1 aliphatic rings. The summed E-state index contributed by atoms with van der Waals surface area (Å²) < 4.78 is 4.93. The SMILES string of the molecule is CCOC(=O)C1CCCC(c2cnc[nH]2)C1=O. The zero-order chi connectivity index (χ0) is 12.3. The van der Waals surface area contributed by atoms with E-state index in [9.17, 15) is 9.59 Å². The Kier molecular flexibility index (Phi) is 3.56. The normalized spacial score (nSPS) is 24.6. The standard InChI is InChI=1S/C12H16N2O3/c1-2-17-12(16)9-5-3-4-8(11(9)15)10-6-13-7-14-10/h6-9H,2-5H2,1H3,(H,13,14). The lowest BCUT2D eigenvalue weighted by molar-refractivity contribution is -0.153. The smallest absolute Gasteiger partial charge is 0.316 e. The highest BCUT2D eigenvalue weighted by molar-refractivity contribution is 6.02. The van der Waals surface area contributed by atoms with Crippen molar-refractivity contribution in [2.24, 2.45) is 5.92 Å². The maximum absolute atomic E-state index is 12.2. The Labute approximate surface area is 99.6 Å². The molecule has 92 valence electrons. The van der Waals surface area contributed by atoms with Crippen LogP contribution in [0.15, 0.2) is 12.5 Å². The van der Waals surface area contributed by atoms with E-state index in [4.69, 9.17) is 4.74 Å². The van der Waals surface area contributed by atoms with Gasteiger partial charge in [-0.25, -0.2) is 4.98 Å². The molecule has 0 spiro atoms. The van der Waals surface area contributed by atoms with Gasteiger partial charge < -0.3 is 9.72 Å². The van der Waals surface area contributed by atoms with E-state index in [1.54, 1.807) is 19.4 Å². The number of Topliss-reactive ketones (excluding diaryl/α,β-unsaturated/α-hetero) is 1. The number of H-pyrrole nitrogens is 1. The van der Waals surface area contributed by atoms with Crippen LogP contribution in [0.4, 0.5) is 0 Å². The van der Waals surface area contributed by atoms with Gasteiger partial charge in [-0.05, 0) is 19.8 Å². The minimum absolute atomic E-state index is 0.0426. The van der Waals surface area contributed by atoms with Gasteiger partial charge in [-0.1, -0.05) is 6.42 Å². The lowest BCUT2D eigenvalue weighted by Crippen LogP contribution is -2.34. The molecule has 17 heavy (non-hydrogen) atoms. The van der Waals surface area contributed by atoms with E-state index in [1.807, 2.05) is 0 Å². The van der Waals surface area contributed by atoms with Gasteiger partial charge in [0.1, 0.15) is 5.92 Å². The number of nitrogens with zero attached hydrogens (tertiary/aromatic N) is 1. The van der Waals surface area contributed by atoms with Gasteiger partial charge in [0.05, 0.1) is 18.9 Å². The van der Waals surface area contributed by atoms with Gasteiger partial charge in [-0.15, -0.1) is 0 Å². The Morgan fingerprint density at radius 2 is 2.41 bits per heavy atom. The summed E-state index contributed by atoms with van der Waals surface area (Å²) in [7, 11) is 0. The minimum Gasteiger partial charge on any atom is -0.465 e. The molecule has 0 bridgehead atoms. The van der Waals surface area contributed by atoms with Gasteiger partial charge in [0.25, 0.3) is 0 Å². The van der Waals surface area contributed by atoms with Crippen molar-refractivity contribution in [2.75, 3.05) is 6.61 Å². The summed E-state index contributed by atoms with van der Waals surface area (Å²) in [5.74, 6) is -1.27. The zero-order valence-corrected chi connectivity index (χ0v) is 9.81. The molecular weight excluding hydrogens is 220 g/mol. The van der Waals surface area contributed by atoms with E-state index in [-0.39, 0.29) is 17.7 Å². The number of ether oxygens (including phenoxy) is 1. The van der Waals surface area contributed by atoms with Crippen LogP contribution in [0, 0.1) is 5.92 Å². The number of nitrogens with one attached hydrogen (secondary N) is 1. The number of imidazole rings is 1. The summed E-state index contributed by atoms with van der Waals surface area (Å²) >= 11 is 0. The first-order chi connectivity index (χ1) is 8.24. The van der Waals surface area contributed by atoms with Gasteiger partial charge in [-0.3, -0.25) is 9.59 Å². The number of carbonyl (C=O) groups is 2. The van der Waals surface area contributed by atoms with Crippen molar-refractivity contribution in [2.45, 2.75) is 32.1 Å². The average Bonchev–Trinajstić information content (AvgIpc) is 2.83. The molecule has 1 N–H and O–H groups in total. The van der Waals surface area contributed by atoms with Crippen LogP contribution >= 0.6 is 0 Å². The van der Waals surface area contributed by atoms with E-state index in [0.29, 0.717) is 13.0 Å². The number of aromatic amines is 1. The fraction of sp³-hybridized carbons (Fsp3) is 0.583. The van der Waals surface area contributed by atoms with Crippen LogP contribution in [-0.4, -0.2) is 28.3 Å². The predicted molar refractivity (Wildman–Crippen MR) is 60.3 cm³/mol. The summed E-state index contributed by atoms with van der Waals surface area (Å²) in [5.41, 5.74) is 0.795. The van der Waals surface area contributed by atoms with Gasteiger partial charge >= 0.3 is 5.97 Å². The van der Waals surface area contributed by atoms with Crippen molar-refractivity contribution in [3.05, 3.63) is 18.2 Å². The highest BCUT2D eigenvalue weighted by Crippen LogP contribution is 2.32. The molecule has 2 rings (SSSR count). The van der Waals surface area contributed by atoms with Crippen LogP contribution in [0.2, 0.25) is 0 Å². The third-order valence-corrected chi connectivity index (χ3v) is 3.14. The zero-order valence-electron chi connectivity index (χ0n) is 9.81. The summed E-state index contributed by atoms with van der Waals surface area (Å²) in [5, 5.41) is 0. The number of hydrogen-bond donors (Lipinski definition) is 1. The average molecular weight is 236 g/mol. The van der Waals surface area contributed by atoms with Gasteiger partial charge in [0, 0.05) is 11.9 Å². The van der Waals surface area contributed by atoms with Crippen molar-refractivity contribution < 1.29 is 14.3 Å². The molecule has 0 aromatic carbocycles. The Morgan fingerprint density at radius 1 is 1.59 bits per heavy atom. The molecule has 5 nitrogen and oxygen atoms in total. The van der Waals surface area contributed by atoms with E-state index in [1.165, 1.54) is 0 Å². The molecule has 1 aliphatic carbocycles. The van der Waals surface area contributed by atoms with Crippen molar-refractivity contribution >= 4 is 11.8 Å². The lowest BCUT2D eigenvalue weighted by atomic mass is 9.79. The lowest BCUT2D eigenvalue weighted by Gasteiger charge is -2.25. The second-order valence-electron chi connectivity index (χ2n) is 4.20. The first-order valence-electron chi connectivity index (χ1n) is 5.92. The Hall–Kier alpha value is -1.65. The molecule has 0 aliphatic heterocycles. The molecule has 1 saturated carbocycles. The molecule has 5 heteroatoms. The van der Waals surface area contributed by atoms with Crippen molar-refractivity contribution in [3.63, 3.8) is 0 Å². The van der Waals surface area contributed by atoms with E-state index < -0.39 is 5.92 Å². The number of hydrogen-bond acceptors (Lipinski definition) is 4. The van der Waals surface area contributed by atoms with Crippen LogP contribution in [0.1, 0.15) is 37.8 Å². The molecule has 1 fully saturated rings. The summed E-state index contributed by atoms with van der Waals surface area (Å²) in [4.78, 5) is 30.7. The first-order valence-corrected chi connectivity index (χ1v) is 5.92. The van der Waals surface area contributed by atoms with Gasteiger partial charge in [0.2, 0.25) is 0 Å². The highest BCUT2D eigenvalue weighted by Gasteiger charge is 2.37. The van der Waals surface area contributed by atoms with E-state index in [2.05, 4.69) is 9.97 Å². The molecule has 0 saturated heterocycles. The number of esters is 1. The first kappa shape index (κ1) is 11.8. The summed E-state index contributed by atoms with van der Waals surface area (Å²) in [6, 6.07) is 0. The molecule has 0 amide bonds. The fourth-order valence-electron chi connectivity index (χ4n) is 2.30. The monoisotopic (exact) mass is 236 g/mol. The minimum atomic E-state index is -0.600. The number of ketones is 1. The van der Waals surface area contributed by atoms with Crippen molar-refractivity contribution in [3.8, 4) is 0 Å². The number of carbonyl (C=O) groups excluding carboxylic acids is 2. The van der Waals surface area contributed by atoms with E-state index >= 15 is 0 Å². The van der Waals surface area contributed by atoms with Crippen LogP contribution in [0.5, 0.6) is 0 Å². The van der Waals surface area contributed by atoms with Crippen LogP contribution in [-0.2, 0) is 14.3 Å². The van der Waals surface area contributed by atoms with Crippen molar-refractivity contribution in [1.82, 2.24) is 9.97 Å². The third-order valence-electron chi connectivity index (χ3n) is 3.14. The molecule has 0 radical (unpaired) electrons. The Balaban J connectivity index is 2.12. The van der Waals surface area contributed by atoms with Gasteiger partial charge in [-0.2, -0.15) is 0 Å². The summed E-state index contributed by atoms with van der Waals surface area (Å²) in [6.07, 6.45) is 5.44. The van der Waals surface area contributed by atoms with Gasteiger partial charge in [0.15, 0.2) is 5.78 Å². The maximum Gasteiger partial charge on any atom is 0.316 e. The maximum atomic E-state index is 12.2. The third kappa shape index (κ3) is 2.38. The number of rotatable bonds is 3. The molecule has 1 heterocycles. The second kappa shape index (κ2) is 5.12. The van der Waals surface area contributed by atoms with Crippen LogP contribution in [0.25, 0.3) is 0 Å². The van der Waals surface area contributed by atoms with Crippen LogP contribution in [0.3, 0.4) is 0 Å². The Bertz CT molecular complexity index is 400. The quantitative estimate of drug-likeness (QED) is 0.636. The molecule has 1 aromatic heterocycles. The van der Waals surface area contributed by atoms with E-state index in [0.717, 1.165) is 18.5 Å². The molecule has 1 aromatic rings. The topological polar surface area (TPSA) is 72.0 Å². The van der Waals surface area contributed by atoms with Crippen LogP contribution < -0.4 is 0 Å². The second-order valence-corrected chi connectivity index (χ2v) is 4.20. The Morgan fingerprint density at radius 3 is 3.06 bits per heavy atom. The largest absolute Gasteiger partial charge is 0.465 e. The number of aromatic nitrogens is 2. The van der Waals surface area contributed by atoms with Crippen molar-refractivity contribution in [1.29, 1.82) is 0 Å². The molecular formula is C12H16N2O3. The predicted octanol–water partition coefficient (Wildman–Crippen LogP) is 1.43. The summed E-state index contributed by atoms with van der Waals surface area (Å²) in [6.45, 7) is 2.06.